The topological polar surface area (TPSA) is 97.0 Å². The Morgan fingerprint density at radius 1 is 1.13 bits per heavy atom. The summed E-state index contributed by atoms with van der Waals surface area (Å²) in [6.07, 6.45) is 0. The van der Waals surface area contributed by atoms with E-state index in [1.54, 1.807) is 30.3 Å². The maximum absolute atomic E-state index is 12.6. The second-order valence-electron chi connectivity index (χ2n) is 6.80. The zero-order chi connectivity index (χ0) is 21.4. The van der Waals surface area contributed by atoms with Gasteiger partial charge in [-0.25, -0.2) is 8.42 Å². The van der Waals surface area contributed by atoms with Gasteiger partial charge in [0.25, 0.3) is 15.9 Å². The van der Waals surface area contributed by atoms with Gasteiger partial charge in [-0.3, -0.25) is 14.4 Å². The van der Waals surface area contributed by atoms with Crippen LogP contribution in [-0.4, -0.2) is 65.2 Å². The molecule has 1 heterocycles. The molecule has 0 aromatic heterocycles. The highest BCUT2D eigenvalue weighted by Gasteiger charge is 2.16. The zero-order valence-corrected chi connectivity index (χ0v) is 17.8. The molecule has 1 amide bonds. The number of morpholine rings is 1. The fourth-order valence-corrected chi connectivity index (χ4v) is 4.12. The molecule has 162 valence electrons. The van der Waals surface area contributed by atoms with Gasteiger partial charge in [0.1, 0.15) is 5.75 Å². The maximum atomic E-state index is 12.6. The number of amides is 1. The molecule has 1 saturated heterocycles. The number of carbonyl (C=O) groups excluding carboxylic acids is 1. The molecular formula is C21H27N3O5S. The number of hydrogen-bond acceptors (Lipinski definition) is 6. The Kier molecular flexibility index (Phi) is 7.67. The molecule has 1 fully saturated rings. The van der Waals surface area contributed by atoms with Crippen LogP contribution in [0.15, 0.2) is 53.4 Å². The molecule has 2 aromatic carbocycles. The SMILES string of the molecule is CCOc1ccc(S(=O)(=O)Nc2cccc(C(=O)NCCN3CCOCC3)c2)cc1. The summed E-state index contributed by atoms with van der Waals surface area (Å²) in [5, 5.41) is 2.87. The fourth-order valence-electron chi connectivity index (χ4n) is 3.07. The average molecular weight is 434 g/mol. The largest absolute Gasteiger partial charge is 0.494 e. The van der Waals surface area contributed by atoms with Gasteiger partial charge in [0.15, 0.2) is 0 Å². The first kappa shape index (κ1) is 22.1. The summed E-state index contributed by atoms with van der Waals surface area (Å²) >= 11 is 0. The number of benzene rings is 2. The summed E-state index contributed by atoms with van der Waals surface area (Å²) in [6, 6.07) is 12.6. The highest BCUT2D eigenvalue weighted by atomic mass is 32.2. The lowest BCUT2D eigenvalue weighted by atomic mass is 10.2. The van der Waals surface area contributed by atoms with Crippen molar-refractivity contribution in [3.8, 4) is 5.75 Å². The molecule has 9 heteroatoms. The maximum Gasteiger partial charge on any atom is 0.261 e. The zero-order valence-electron chi connectivity index (χ0n) is 17.0. The molecule has 0 spiro atoms. The number of anilines is 1. The number of hydrogen-bond donors (Lipinski definition) is 2. The van der Waals surface area contributed by atoms with Crippen LogP contribution in [0.4, 0.5) is 5.69 Å². The molecule has 0 atom stereocenters. The second kappa shape index (κ2) is 10.4. The van der Waals surface area contributed by atoms with Gasteiger partial charge in [-0.15, -0.1) is 0 Å². The van der Waals surface area contributed by atoms with Crippen molar-refractivity contribution < 1.29 is 22.7 Å². The molecule has 3 rings (SSSR count). The molecule has 2 N–H and O–H groups in total. The molecule has 1 aliphatic rings. The van der Waals surface area contributed by atoms with E-state index in [2.05, 4.69) is 14.9 Å². The molecule has 0 unspecified atom stereocenters. The van der Waals surface area contributed by atoms with Gasteiger partial charge in [-0.1, -0.05) is 6.07 Å². The first-order valence-electron chi connectivity index (χ1n) is 9.92. The van der Waals surface area contributed by atoms with Crippen molar-refractivity contribution in [2.45, 2.75) is 11.8 Å². The van der Waals surface area contributed by atoms with Crippen molar-refractivity contribution in [2.24, 2.45) is 0 Å². The molecule has 0 bridgehead atoms. The smallest absolute Gasteiger partial charge is 0.261 e. The van der Waals surface area contributed by atoms with Gasteiger partial charge in [0, 0.05) is 37.4 Å². The van der Waals surface area contributed by atoms with Crippen LogP contribution in [0, 0.1) is 0 Å². The summed E-state index contributed by atoms with van der Waals surface area (Å²) in [5.74, 6) is 0.359. The Morgan fingerprint density at radius 3 is 2.57 bits per heavy atom. The Labute approximate surface area is 177 Å². The van der Waals surface area contributed by atoms with E-state index in [0.29, 0.717) is 43.4 Å². The summed E-state index contributed by atoms with van der Waals surface area (Å²) in [6.45, 7) is 6.77. The van der Waals surface area contributed by atoms with Crippen LogP contribution in [0.3, 0.4) is 0 Å². The minimum atomic E-state index is -3.77. The molecule has 30 heavy (non-hydrogen) atoms. The third kappa shape index (κ3) is 6.19. The molecule has 0 saturated carbocycles. The van der Waals surface area contributed by atoms with Crippen molar-refractivity contribution in [1.29, 1.82) is 0 Å². The molecule has 0 aliphatic carbocycles. The Hall–Kier alpha value is -2.62. The van der Waals surface area contributed by atoms with Crippen molar-refractivity contribution in [2.75, 3.05) is 50.7 Å². The number of nitrogens with zero attached hydrogens (tertiary/aromatic N) is 1. The quantitative estimate of drug-likeness (QED) is 0.627. The lowest BCUT2D eigenvalue weighted by molar-refractivity contribution is 0.0383. The third-order valence-electron chi connectivity index (χ3n) is 4.64. The summed E-state index contributed by atoms with van der Waals surface area (Å²) < 4.78 is 38.4. The van der Waals surface area contributed by atoms with E-state index in [1.165, 1.54) is 18.2 Å². The van der Waals surface area contributed by atoms with Gasteiger partial charge in [0.05, 0.1) is 24.7 Å². The Morgan fingerprint density at radius 2 is 1.87 bits per heavy atom. The number of nitrogens with one attached hydrogen (secondary N) is 2. The van der Waals surface area contributed by atoms with Crippen LogP contribution in [-0.2, 0) is 14.8 Å². The van der Waals surface area contributed by atoms with E-state index < -0.39 is 10.0 Å². The molecule has 1 aliphatic heterocycles. The first-order chi connectivity index (χ1) is 14.5. The van der Waals surface area contributed by atoms with Gasteiger partial charge in [0.2, 0.25) is 0 Å². The van der Waals surface area contributed by atoms with Crippen molar-refractivity contribution in [3.63, 3.8) is 0 Å². The van der Waals surface area contributed by atoms with Gasteiger partial charge >= 0.3 is 0 Å². The Bertz CT molecular complexity index is 941. The molecule has 2 aromatic rings. The predicted octanol–water partition coefficient (Wildman–Crippen LogP) is 1.95. The minimum absolute atomic E-state index is 0.117. The normalized spacial score (nSPS) is 14.8. The monoisotopic (exact) mass is 433 g/mol. The molecule has 0 radical (unpaired) electrons. The number of carbonyl (C=O) groups is 1. The first-order valence-corrected chi connectivity index (χ1v) is 11.4. The fraction of sp³-hybridized carbons (Fsp3) is 0.381. The molecule has 8 nitrogen and oxygen atoms in total. The van der Waals surface area contributed by atoms with Crippen molar-refractivity contribution in [1.82, 2.24) is 10.2 Å². The third-order valence-corrected chi connectivity index (χ3v) is 6.04. The number of rotatable bonds is 9. The van der Waals surface area contributed by atoms with Crippen LogP contribution in [0.5, 0.6) is 5.75 Å². The average Bonchev–Trinajstić information content (AvgIpc) is 2.75. The van der Waals surface area contributed by atoms with Gasteiger partial charge < -0.3 is 14.8 Å². The van der Waals surface area contributed by atoms with E-state index in [1.807, 2.05) is 6.92 Å². The summed E-state index contributed by atoms with van der Waals surface area (Å²) in [4.78, 5) is 14.8. The van der Waals surface area contributed by atoms with E-state index in [9.17, 15) is 13.2 Å². The van der Waals surface area contributed by atoms with Gasteiger partial charge in [-0.05, 0) is 49.4 Å². The lowest BCUT2D eigenvalue weighted by Crippen LogP contribution is -2.41. The van der Waals surface area contributed by atoms with E-state index in [-0.39, 0.29) is 10.8 Å². The number of ether oxygens (including phenoxy) is 2. The standard InChI is InChI=1S/C21H27N3O5S/c1-2-29-19-6-8-20(9-7-19)30(26,27)23-18-5-3-4-17(16-18)21(25)22-10-11-24-12-14-28-15-13-24/h3-9,16,23H,2,10-15H2,1H3,(H,22,25). The van der Waals surface area contributed by atoms with Crippen molar-refractivity contribution >= 4 is 21.6 Å². The van der Waals surface area contributed by atoms with Gasteiger partial charge in [-0.2, -0.15) is 0 Å². The predicted molar refractivity (Wildman–Crippen MR) is 114 cm³/mol. The van der Waals surface area contributed by atoms with Crippen LogP contribution in [0.2, 0.25) is 0 Å². The van der Waals surface area contributed by atoms with Crippen LogP contribution in [0.25, 0.3) is 0 Å². The van der Waals surface area contributed by atoms with Crippen LogP contribution < -0.4 is 14.8 Å². The lowest BCUT2D eigenvalue weighted by Gasteiger charge is -2.26. The number of sulfonamides is 1. The second-order valence-corrected chi connectivity index (χ2v) is 8.48. The summed E-state index contributed by atoms with van der Waals surface area (Å²) in [7, 11) is -3.77. The summed E-state index contributed by atoms with van der Waals surface area (Å²) in [5.41, 5.74) is 0.716. The van der Waals surface area contributed by atoms with E-state index >= 15 is 0 Å². The van der Waals surface area contributed by atoms with E-state index in [0.717, 1.165) is 19.6 Å². The minimum Gasteiger partial charge on any atom is -0.494 e. The van der Waals surface area contributed by atoms with Crippen LogP contribution >= 0.6 is 0 Å². The molecular weight excluding hydrogens is 406 g/mol. The Balaban J connectivity index is 1.59. The highest BCUT2D eigenvalue weighted by Crippen LogP contribution is 2.20. The van der Waals surface area contributed by atoms with E-state index in [4.69, 9.17) is 9.47 Å². The highest BCUT2D eigenvalue weighted by molar-refractivity contribution is 7.92. The van der Waals surface area contributed by atoms with Crippen LogP contribution in [0.1, 0.15) is 17.3 Å². The van der Waals surface area contributed by atoms with Crippen molar-refractivity contribution in [3.05, 3.63) is 54.1 Å².